The van der Waals surface area contributed by atoms with E-state index in [1.54, 1.807) is 6.07 Å². The van der Waals surface area contributed by atoms with Crippen molar-refractivity contribution in [1.29, 1.82) is 0 Å². The summed E-state index contributed by atoms with van der Waals surface area (Å²) < 4.78 is 25.1. The summed E-state index contributed by atoms with van der Waals surface area (Å²) in [5, 5.41) is 2.22. The first-order valence-electron chi connectivity index (χ1n) is 8.04. The number of carbonyl (C=O) groups is 3. The second kappa shape index (κ2) is 6.57. The maximum Gasteiger partial charge on any atom is 0.255 e. The van der Waals surface area contributed by atoms with Gasteiger partial charge >= 0.3 is 0 Å². The Bertz CT molecular complexity index is 849. The van der Waals surface area contributed by atoms with E-state index < -0.39 is 21.8 Å². The van der Waals surface area contributed by atoms with Gasteiger partial charge in [0.1, 0.15) is 6.04 Å². The first-order chi connectivity index (χ1) is 11.8. The summed E-state index contributed by atoms with van der Waals surface area (Å²) >= 11 is 0. The zero-order valence-electron chi connectivity index (χ0n) is 13.5. The van der Waals surface area contributed by atoms with Crippen molar-refractivity contribution in [2.75, 3.05) is 12.3 Å². The number of nitrogens with one attached hydrogen (secondary N) is 1. The van der Waals surface area contributed by atoms with E-state index in [1.165, 1.54) is 17.0 Å². The lowest BCUT2D eigenvalue weighted by atomic mass is 10.0. The van der Waals surface area contributed by atoms with Gasteiger partial charge in [0.25, 0.3) is 5.91 Å². The van der Waals surface area contributed by atoms with Gasteiger partial charge < -0.3 is 10.6 Å². The average molecular weight is 365 g/mol. The monoisotopic (exact) mass is 365 g/mol. The smallest absolute Gasteiger partial charge is 0.255 e. The lowest BCUT2D eigenvalue weighted by Gasteiger charge is -2.29. The minimum atomic E-state index is -3.56. The highest BCUT2D eigenvalue weighted by Gasteiger charge is 2.40. The van der Waals surface area contributed by atoms with Gasteiger partial charge in [-0.05, 0) is 31.5 Å². The molecule has 1 aromatic carbocycles. The van der Waals surface area contributed by atoms with Crippen LogP contribution in [0.25, 0.3) is 0 Å². The minimum Gasteiger partial charge on any atom is -0.330 e. The van der Waals surface area contributed by atoms with Crippen LogP contribution < -0.4 is 11.1 Å². The van der Waals surface area contributed by atoms with Gasteiger partial charge in [0.2, 0.25) is 11.8 Å². The van der Waals surface area contributed by atoms with Crippen molar-refractivity contribution in [3.05, 3.63) is 29.3 Å². The van der Waals surface area contributed by atoms with Crippen molar-refractivity contribution < 1.29 is 22.8 Å². The van der Waals surface area contributed by atoms with Crippen molar-refractivity contribution >= 4 is 27.6 Å². The predicted molar refractivity (Wildman–Crippen MR) is 88.2 cm³/mol. The Hall–Kier alpha value is -2.26. The van der Waals surface area contributed by atoms with Gasteiger partial charge in [0.15, 0.2) is 9.84 Å². The Kier molecular flexibility index (Phi) is 4.61. The number of amides is 3. The Morgan fingerprint density at radius 2 is 2.00 bits per heavy atom. The fraction of sp³-hybridized carbons (Fsp3) is 0.438. The third-order valence-electron chi connectivity index (χ3n) is 4.49. The molecule has 0 spiro atoms. The van der Waals surface area contributed by atoms with E-state index >= 15 is 0 Å². The van der Waals surface area contributed by atoms with E-state index in [4.69, 9.17) is 5.73 Å². The molecule has 1 aromatic rings. The normalized spacial score (nSPS) is 20.6. The Morgan fingerprint density at radius 1 is 1.24 bits per heavy atom. The third kappa shape index (κ3) is 3.16. The number of carbonyl (C=O) groups excluding carboxylic acids is 3. The van der Waals surface area contributed by atoms with Crippen molar-refractivity contribution in [1.82, 2.24) is 10.2 Å². The second-order valence-corrected chi connectivity index (χ2v) is 8.22. The number of fused-ring (bicyclic) bond motifs is 1. The van der Waals surface area contributed by atoms with Crippen LogP contribution in [0.5, 0.6) is 0 Å². The zero-order valence-corrected chi connectivity index (χ0v) is 14.3. The molecule has 134 valence electrons. The summed E-state index contributed by atoms with van der Waals surface area (Å²) in [5.74, 6) is -1.37. The fourth-order valence-corrected chi connectivity index (χ4v) is 4.83. The summed E-state index contributed by atoms with van der Waals surface area (Å²) in [4.78, 5) is 37.5. The van der Waals surface area contributed by atoms with Crippen LogP contribution in [-0.2, 0) is 26.0 Å². The molecule has 2 aliphatic rings. The average Bonchev–Trinajstić information content (AvgIpc) is 2.90. The summed E-state index contributed by atoms with van der Waals surface area (Å²) in [5.41, 5.74) is 6.10. The Balaban J connectivity index is 1.93. The molecule has 1 unspecified atom stereocenters. The quantitative estimate of drug-likeness (QED) is 0.682. The summed E-state index contributed by atoms with van der Waals surface area (Å²) in [6.45, 7) is 0.300. The molecule has 0 radical (unpaired) electrons. The Labute approximate surface area is 145 Å². The lowest BCUT2D eigenvalue weighted by molar-refractivity contribution is -0.136. The van der Waals surface area contributed by atoms with Crippen LogP contribution in [0.1, 0.15) is 35.2 Å². The predicted octanol–water partition coefficient (Wildman–Crippen LogP) is -0.430. The van der Waals surface area contributed by atoms with E-state index in [1.807, 2.05) is 0 Å². The SMILES string of the molecule is NCCCS(=O)(=O)c1cccc2c1CN(C1CCC(=O)NC1=O)C2=O. The standard InChI is InChI=1S/C16H19N3O5S/c17-7-2-8-25(23,24)13-4-1-3-10-11(13)9-19(16(10)22)12-5-6-14(20)18-15(12)21/h1,3-4,12H,2,5-9,17H2,(H,18,20,21). The number of rotatable bonds is 5. The van der Waals surface area contributed by atoms with E-state index in [2.05, 4.69) is 5.32 Å². The molecule has 25 heavy (non-hydrogen) atoms. The van der Waals surface area contributed by atoms with Crippen LogP contribution in [-0.4, -0.2) is 49.4 Å². The van der Waals surface area contributed by atoms with Gasteiger partial charge in [-0.1, -0.05) is 6.07 Å². The molecule has 2 heterocycles. The number of piperidine rings is 1. The first kappa shape index (κ1) is 17.6. The van der Waals surface area contributed by atoms with E-state index in [0.717, 1.165) is 0 Å². The van der Waals surface area contributed by atoms with E-state index in [0.29, 0.717) is 17.5 Å². The molecule has 1 saturated heterocycles. The number of hydrogen-bond donors (Lipinski definition) is 2. The largest absolute Gasteiger partial charge is 0.330 e. The molecule has 0 aromatic heterocycles. The van der Waals surface area contributed by atoms with Crippen LogP contribution in [0.15, 0.2) is 23.1 Å². The summed E-state index contributed by atoms with van der Waals surface area (Å²) in [6.07, 6.45) is 0.717. The van der Waals surface area contributed by atoms with E-state index in [9.17, 15) is 22.8 Å². The van der Waals surface area contributed by atoms with Crippen LogP contribution in [0.4, 0.5) is 0 Å². The van der Waals surface area contributed by atoms with Crippen LogP contribution in [0.2, 0.25) is 0 Å². The zero-order chi connectivity index (χ0) is 18.2. The molecule has 1 fully saturated rings. The molecule has 8 nitrogen and oxygen atoms in total. The van der Waals surface area contributed by atoms with Crippen LogP contribution in [0, 0.1) is 0 Å². The van der Waals surface area contributed by atoms with Crippen molar-refractivity contribution in [3.63, 3.8) is 0 Å². The lowest BCUT2D eigenvalue weighted by Crippen LogP contribution is -2.52. The molecule has 3 amide bonds. The summed E-state index contributed by atoms with van der Waals surface area (Å²) in [7, 11) is -3.56. The molecule has 0 bridgehead atoms. The molecule has 0 aliphatic carbocycles. The maximum atomic E-state index is 12.7. The van der Waals surface area contributed by atoms with Crippen LogP contribution in [0.3, 0.4) is 0 Å². The van der Waals surface area contributed by atoms with Gasteiger partial charge in [-0.15, -0.1) is 0 Å². The molecule has 3 rings (SSSR count). The molecular formula is C16H19N3O5S. The number of nitrogens with two attached hydrogens (primary N) is 1. The highest BCUT2D eigenvalue weighted by atomic mass is 32.2. The topological polar surface area (TPSA) is 127 Å². The molecule has 2 aliphatic heterocycles. The van der Waals surface area contributed by atoms with Gasteiger partial charge in [-0.25, -0.2) is 8.42 Å². The van der Waals surface area contributed by atoms with Crippen molar-refractivity contribution in [3.8, 4) is 0 Å². The van der Waals surface area contributed by atoms with Gasteiger partial charge in [0, 0.05) is 24.1 Å². The fourth-order valence-electron chi connectivity index (χ4n) is 3.23. The number of benzene rings is 1. The van der Waals surface area contributed by atoms with Crippen molar-refractivity contribution in [2.24, 2.45) is 5.73 Å². The molecule has 1 atom stereocenters. The second-order valence-electron chi connectivity index (χ2n) is 6.14. The van der Waals surface area contributed by atoms with E-state index in [-0.39, 0.29) is 48.4 Å². The third-order valence-corrected chi connectivity index (χ3v) is 6.37. The number of hydrogen-bond acceptors (Lipinski definition) is 6. The maximum absolute atomic E-state index is 12.7. The van der Waals surface area contributed by atoms with Gasteiger partial charge in [0.05, 0.1) is 10.6 Å². The minimum absolute atomic E-state index is 0.0402. The first-order valence-corrected chi connectivity index (χ1v) is 9.70. The van der Waals surface area contributed by atoms with Gasteiger partial charge in [-0.3, -0.25) is 19.7 Å². The highest BCUT2D eigenvalue weighted by Crippen LogP contribution is 2.32. The van der Waals surface area contributed by atoms with Crippen LogP contribution >= 0.6 is 0 Å². The number of imide groups is 1. The molecule has 3 N–H and O–H groups in total. The van der Waals surface area contributed by atoms with Gasteiger partial charge in [-0.2, -0.15) is 0 Å². The number of sulfone groups is 1. The Morgan fingerprint density at radius 3 is 2.68 bits per heavy atom. The highest BCUT2D eigenvalue weighted by molar-refractivity contribution is 7.91. The van der Waals surface area contributed by atoms with Crippen molar-refractivity contribution in [2.45, 2.75) is 36.7 Å². The molecule has 9 heteroatoms. The molecular weight excluding hydrogens is 346 g/mol. The number of nitrogens with zero attached hydrogens (tertiary/aromatic N) is 1. The summed E-state index contributed by atoms with van der Waals surface area (Å²) in [6, 6.07) is 3.80. The molecule has 0 saturated carbocycles.